The number of nitrogens with zero attached hydrogens (tertiary/aromatic N) is 2. The van der Waals surface area contributed by atoms with E-state index in [1.165, 1.54) is 4.90 Å². The molecule has 0 N–H and O–H groups in total. The highest BCUT2D eigenvalue weighted by Gasteiger charge is 2.21. The third-order valence-corrected chi connectivity index (χ3v) is 4.38. The second-order valence-corrected chi connectivity index (χ2v) is 6.78. The Balaban J connectivity index is 1.73. The van der Waals surface area contributed by atoms with Gasteiger partial charge < -0.3 is 4.74 Å². The zero-order chi connectivity index (χ0) is 20.6. The molecule has 2 aromatic rings. The van der Waals surface area contributed by atoms with Crippen molar-refractivity contribution < 1.29 is 14.3 Å². The van der Waals surface area contributed by atoms with Gasteiger partial charge in [0.25, 0.3) is 5.91 Å². The van der Waals surface area contributed by atoms with Gasteiger partial charge in [0.1, 0.15) is 11.6 Å². The number of amides is 1. The zero-order valence-corrected chi connectivity index (χ0v) is 16.5. The Morgan fingerprint density at radius 1 is 1.10 bits per heavy atom. The Morgan fingerprint density at radius 3 is 2.59 bits per heavy atom. The maximum absolute atomic E-state index is 13.0. The van der Waals surface area contributed by atoms with Crippen molar-refractivity contribution in [3.63, 3.8) is 0 Å². The number of carbonyl (C=O) groups excluding carboxylic acids is 2. The fraction of sp³-hybridized carbons (Fsp3) is 0.208. The van der Waals surface area contributed by atoms with E-state index in [1.54, 1.807) is 48.7 Å². The van der Waals surface area contributed by atoms with Crippen LogP contribution in [0, 0.1) is 0 Å². The molecule has 1 aliphatic rings. The number of aromatic nitrogens is 1. The van der Waals surface area contributed by atoms with E-state index in [1.807, 2.05) is 32.0 Å². The summed E-state index contributed by atoms with van der Waals surface area (Å²) in [6, 6.07) is 12.8. The van der Waals surface area contributed by atoms with E-state index in [-0.39, 0.29) is 24.8 Å². The summed E-state index contributed by atoms with van der Waals surface area (Å²) in [4.78, 5) is 31.2. The molecule has 1 heterocycles. The molecule has 3 rings (SSSR count). The SMILES string of the molecule is CC(C)c1ccccc1OC(=O)CCN(C(=O)C1=CC=C=C=C1)c1ccccn1. The van der Waals surface area contributed by atoms with Gasteiger partial charge in [-0.15, -0.1) is 0 Å². The second-order valence-electron chi connectivity index (χ2n) is 6.78. The first-order valence-electron chi connectivity index (χ1n) is 9.46. The minimum atomic E-state index is -0.403. The van der Waals surface area contributed by atoms with Crippen molar-refractivity contribution in [1.29, 1.82) is 0 Å². The number of pyridine rings is 1. The molecule has 0 radical (unpaired) electrons. The first-order chi connectivity index (χ1) is 14.1. The van der Waals surface area contributed by atoms with Crippen LogP contribution in [0.4, 0.5) is 5.82 Å². The van der Waals surface area contributed by atoms with Gasteiger partial charge >= 0.3 is 5.97 Å². The van der Waals surface area contributed by atoms with Crippen LogP contribution in [0.15, 0.2) is 83.9 Å². The molecule has 0 bridgehead atoms. The standard InChI is InChI=1S/C24H22N2O3/c1-18(2)20-12-6-7-13-21(20)29-23(27)15-17-26(22-14-8-9-16-25-22)24(28)19-10-4-3-5-11-19/h4,6-14,16,18H,15,17H2,1-2H3. The van der Waals surface area contributed by atoms with Gasteiger partial charge in [-0.25, -0.2) is 4.98 Å². The molecule has 0 saturated heterocycles. The van der Waals surface area contributed by atoms with Crippen LogP contribution in [0.25, 0.3) is 0 Å². The van der Waals surface area contributed by atoms with Crippen LogP contribution in [0.3, 0.4) is 0 Å². The highest BCUT2D eigenvalue weighted by molar-refractivity contribution is 6.07. The topological polar surface area (TPSA) is 59.5 Å². The van der Waals surface area contributed by atoms with Crippen LogP contribution in [0.5, 0.6) is 5.75 Å². The normalized spacial score (nSPS) is 12.0. The molecule has 0 fully saturated rings. The van der Waals surface area contributed by atoms with Gasteiger partial charge in [0.2, 0.25) is 0 Å². The number of ether oxygens (including phenoxy) is 1. The summed E-state index contributed by atoms with van der Waals surface area (Å²) in [5, 5.41) is 0. The fourth-order valence-electron chi connectivity index (χ4n) is 2.90. The second kappa shape index (κ2) is 9.52. The third-order valence-electron chi connectivity index (χ3n) is 4.38. The Labute approximate surface area is 170 Å². The lowest BCUT2D eigenvalue weighted by atomic mass is 10.0. The molecule has 0 spiro atoms. The molecular formula is C24H22N2O3. The Morgan fingerprint density at radius 2 is 1.90 bits per heavy atom. The van der Waals surface area contributed by atoms with Crippen molar-refractivity contribution >= 4 is 17.7 Å². The smallest absolute Gasteiger partial charge is 0.313 e. The van der Waals surface area contributed by atoms with E-state index in [2.05, 4.69) is 16.4 Å². The van der Waals surface area contributed by atoms with Crippen molar-refractivity contribution in [3.05, 3.63) is 89.5 Å². The lowest BCUT2D eigenvalue weighted by Crippen LogP contribution is -2.35. The Hall–Kier alpha value is -3.65. The lowest BCUT2D eigenvalue weighted by Gasteiger charge is -2.22. The largest absolute Gasteiger partial charge is 0.426 e. The molecule has 0 atom stereocenters. The predicted octanol–water partition coefficient (Wildman–Crippen LogP) is 4.34. The summed E-state index contributed by atoms with van der Waals surface area (Å²) in [6.45, 7) is 4.24. The molecule has 0 saturated carbocycles. The summed E-state index contributed by atoms with van der Waals surface area (Å²) in [5.41, 5.74) is 6.97. The van der Waals surface area contributed by atoms with Gasteiger partial charge in [-0.05, 0) is 41.8 Å². The van der Waals surface area contributed by atoms with Gasteiger partial charge in [0.15, 0.2) is 0 Å². The molecule has 146 valence electrons. The molecular weight excluding hydrogens is 364 g/mol. The summed E-state index contributed by atoms with van der Waals surface area (Å²) in [5.74, 6) is 0.595. The van der Waals surface area contributed by atoms with Crippen molar-refractivity contribution in [2.24, 2.45) is 0 Å². The van der Waals surface area contributed by atoms with Crippen molar-refractivity contribution in [3.8, 4) is 5.75 Å². The summed E-state index contributed by atoms with van der Waals surface area (Å²) in [7, 11) is 0. The van der Waals surface area contributed by atoms with E-state index in [4.69, 9.17) is 4.74 Å². The number of carbonyl (C=O) groups is 2. The summed E-state index contributed by atoms with van der Waals surface area (Å²) < 4.78 is 5.57. The van der Waals surface area contributed by atoms with Crippen LogP contribution in [-0.4, -0.2) is 23.4 Å². The molecule has 1 aromatic carbocycles. The number of hydrogen-bond acceptors (Lipinski definition) is 4. The first kappa shape index (κ1) is 20.1. The highest BCUT2D eigenvalue weighted by Crippen LogP contribution is 2.26. The maximum atomic E-state index is 13.0. The number of rotatable bonds is 7. The van der Waals surface area contributed by atoms with Crippen molar-refractivity contribution in [2.45, 2.75) is 26.2 Å². The summed E-state index contributed by atoms with van der Waals surface area (Å²) in [6.07, 6.45) is 6.50. The van der Waals surface area contributed by atoms with E-state index in [9.17, 15) is 9.59 Å². The van der Waals surface area contributed by atoms with Crippen LogP contribution < -0.4 is 9.64 Å². The number of hydrogen-bond donors (Lipinski definition) is 0. The molecule has 1 aromatic heterocycles. The average Bonchev–Trinajstić information content (AvgIpc) is 2.75. The Kier molecular flexibility index (Phi) is 6.59. The average molecular weight is 386 g/mol. The third kappa shape index (κ3) is 5.20. The van der Waals surface area contributed by atoms with Crippen LogP contribution >= 0.6 is 0 Å². The molecule has 29 heavy (non-hydrogen) atoms. The van der Waals surface area contributed by atoms with Gasteiger partial charge in [0, 0.05) is 24.4 Å². The quantitative estimate of drug-likeness (QED) is 0.403. The van der Waals surface area contributed by atoms with E-state index < -0.39 is 5.97 Å². The van der Waals surface area contributed by atoms with Gasteiger partial charge in [-0.3, -0.25) is 14.5 Å². The molecule has 1 aliphatic carbocycles. The van der Waals surface area contributed by atoms with E-state index in [0.29, 0.717) is 17.1 Å². The molecule has 1 amide bonds. The van der Waals surface area contributed by atoms with E-state index in [0.717, 1.165) is 5.56 Å². The van der Waals surface area contributed by atoms with Crippen molar-refractivity contribution in [2.75, 3.05) is 11.4 Å². The number of esters is 1. The molecule has 5 nitrogen and oxygen atoms in total. The summed E-state index contributed by atoms with van der Waals surface area (Å²) >= 11 is 0. The number of anilines is 1. The number of benzene rings is 1. The minimum Gasteiger partial charge on any atom is -0.426 e. The maximum Gasteiger partial charge on any atom is 0.313 e. The van der Waals surface area contributed by atoms with Crippen LogP contribution in [0.1, 0.15) is 31.7 Å². The molecule has 0 unspecified atom stereocenters. The number of para-hydroxylation sites is 1. The van der Waals surface area contributed by atoms with Crippen molar-refractivity contribution in [1.82, 2.24) is 4.98 Å². The predicted molar refractivity (Wildman–Crippen MR) is 112 cm³/mol. The van der Waals surface area contributed by atoms with Gasteiger partial charge in [-0.1, -0.05) is 49.6 Å². The number of allylic oxidation sites excluding steroid dienone is 2. The zero-order valence-electron chi connectivity index (χ0n) is 16.5. The minimum absolute atomic E-state index is 0.0391. The highest BCUT2D eigenvalue weighted by atomic mass is 16.5. The fourth-order valence-corrected chi connectivity index (χ4v) is 2.90. The monoisotopic (exact) mass is 386 g/mol. The van der Waals surface area contributed by atoms with Gasteiger partial charge in [0.05, 0.1) is 6.42 Å². The van der Waals surface area contributed by atoms with Gasteiger partial charge in [-0.2, -0.15) is 0 Å². The molecule has 5 heteroatoms. The molecule has 0 aliphatic heterocycles. The first-order valence-corrected chi connectivity index (χ1v) is 9.46. The van der Waals surface area contributed by atoms with E-state index >= 15 is 0 Å². The Bertz CT molecular complexity index is 1030. The van der Waals surface area contributed by atoms with Crippen LogP contribution in [0.2, 0.25) is 0 Å². The lowest BCUT2D eigenvalue weighted by molar-refractivity contribution is -0.134. The van der Waals surface area contributed by atoms with Crippen LogP contribution in [-0.2, 0) is 9.59 Å².